The maximum Gasteiger partial charge on any atom is 0.162 e. The van der Waals surface area contributed by atoms with Gasteiger partial charge in [-0.15, -0.1) is 0 Å². The van der Waals surface area contributed by atoms with Crippen LogP contribution in [0.2, 0.25) is 0 Å². The number of benzene rings is 3. The van der Waals surface area contributed by atoms with Crippen molar-refractivity contribution in [1.29, 1.82) is 0 Å². The normalized spacial score (nSPS) is 12.3. The van der Waals surface area contributed by atoms with Gasteiger partial charge < -0.3 is 10.4 Å². The van der Waals surface area contributed by atoms with Gasteiger partial charge in [0.2, 0.25) is 0 Å². The van der Waals surface area contributed by atoms with Crippen LogP contribution < -0.4 is 5.32 Å². The second-order valence-electron chi connectivity index (χ2n) is 6.98. The molecule has 28 heavy (non-hydrogen) atoms. The van der Waals surface area contributed by atoms with Gasteiger partial charge in [-0.2, -0.15) is 0 Å². The second kappa shape index (κ2) is 6.46. The number of aliphatic imine (C=N–C) groups is 1. The number of aromatic nitrogens is 2. The second-order valence-corrected chi connectivity index (χ2v) is 6.98. The predicted octanol–water partition coefficient (Wildman–Crippen LogP) is 4.99. The first-order chi connectivity index (χ1) is 13.7. The van der Waals surface area contributed by atoms with E-state index in [-0.39, 0.29) is 5.75 Å². The lowest BCUT2D eigenvalue weighted by atomic mass is 10.1. The van der Waals surface area contributed by atoms with Gasteiger partial charge in [0, 0.05) is 22.9 Å². The average molecular weight is 366 g/mol. The highest BCUT2D eigenvalue weighted by Gasteiger charge is 2.12. The summed E-state index contributed by atoms with van der Waals surface area (Å²) in [6.45, 7) is 2.78. The number of phenolic OH excluding ortho intramolecular Hbond substituents is 1. The van der Waals surface area contributed by atoms with E-state index in [9.17, 15) is 5.11 Å². The van der Waals surface area contributed by atoms with Crippen molar-refractivity contribution in [1.82, 2.24) is 9.97 Å². The summed E-state index contributed by atoms with van der Waals surface area (Å²) in [5, 5.41) is 14.1. The van der Waals surface area contributed by atoms with Gasteiger partial charge in [0.25, 0.3) is 0 Å². The van der Waals surface area contributed by atoms with Crippen molar-refractivity contribution >= 4 is 28.6 Å². The standard InChI is InChI=1S/C23H18N4O/c1-14-3-2-4-15(9-14)22-26-21-8-7-19(28)11-20(21)23(27-22)25-18-6-5-16-12-24-13-17(16)10-18/h2-11,13,28H,12H2,1H3,(H,25,26,27). The fourth-order valence-corrected chi connectivity index (χ4v) is 3.44. The molecule has 5 nitrogen and oxygen atoms in total. The van der Waals surface area contributed by atoms with Gasteiger partial charge in [-0.3, -0.25) is 4.99 Å². The third-order valence-corrected chi connectivity index (χ3v) is 4.86. The minimum atomic E-state index is 0.184. The molecule has 1 aromatic heterocycles. The molecule has 0 saturated carbocycles. The molecule has 0 aliphatic carbocycles. The van der Waals surface area contributed by atoms with Crippen molar-refractivity contribution in [2.24, 2.45) is 4.99 Å². The van der Waals surface area contributed by atoms with E-state index in [1.807, 2.05) is 43.5 Å². The molecule has 0 amide bonds. The van der Waals surface area contributed by atoms with Crippen LogP contribution in [0.15, 0.2) is 65.7 Å². The Morgan fingerprint density at radius 1 is 0.964 bits per heavy atom. The molecule has 3 aromatic carbocycles. The fraction of sp³-hybridized carbons (Fsp3) is 0.0870. The van der Waals surface area contributed by atoms with Gasteiger partial charge in [0.05, 0.1) is 12.1 Å². The summed E-state index contributed by atoms with van der Waals surface area (Å²) < 4.78 is 0. The SMILES string of the molecule is Cc1cccc(-c2nc(Nc3ccc4c(c3)C=NC4)c3cc(O)ccc3n2)c1. The molecule has 2 N–H and O–H groups in total. The van der Waals surface area contributed by atoms with E-state index < -0.39 is 0 Å². The molecule has 0 fully saturated rings. The maximum atomic E-state index is 9.97. The molecule has 2 heterocycles. The third-order valence-electron chi connectivity index (χ3n) is 4.86. The molecular formula is C23H18N4O. The Hall–Kier alpha value is -3.73. The number of nitrogens with one attached hydrogen (secondary N) is 1. The zero-order chi connectivity index (χ0) is 19.1. The molecule has 0 spiro atoms. The molecule has 1 aliphatic heterocycles. The van der Waals surface area contributed by atoms with E-state index >= 15 is 0 Å². The lowest BCUT2D eigenvalue weighted by molar-refractivity contribution is 0.476. The molecular weight excluding hydrogens is 348 g/mol. The number of rotatable bonds is 3. The molecule has 5 heteroatoms. The van der Waals surface area contributed by atoms with Crippen LogP contribution in [-0.2, 0) is 6.54 Å². The summed E-state index contributed by atoms with van der Waals surface area (Å²) in [5.41, 5.74) is 6.14. The van der Waals surface area contributed by atoms with E-state index in [0.717, 1.165) is 39.8 Å². The molecule has 0 unspecified atom stereocenters. The third kappa shape index (κ3) is 2.97. The summed E-state index contributed by atoms with van der Waals surface area (Å²) in [6, 6.07) is 19.4. The molecule has 1 aliphatic rings. The first-order valence-electron chi connectivity index (χ1n) is 9.13. The maximum absolute atomic E-state index is 9.97. The molecule has 0 atom stereocenters. The van der Waals surface area contributed by atoms with Gasteiger partial charge in [-0.05, 0) is 54.4 Å². The van der Waals surface area contributed by atoms with E-state index in [0.29, 0.717) is 11.6 Å². The molecule has 4 aromatic rings. The van der Waals surface area contributed by atoms with Crippen molar-refractivity contribution in [3.8, 4) is 17.1 Å². The fourth-order valence-electron chi connectivity index (χ4n) is 3.44. The highest BCUT2D eigenvalue weighted by molar-refractivity contribution is 5.94. The number of hydrogen-bond donors (Lipinski definition) is 2. The van der Waals surface area contributed by atoms with E-state index in [4.69, 9.17) is 9.97 Å². The zero-order valence-corrected chi connectivity index (χ0v) is 15.3. The van der Waals surface area contributed by atoms with Crippen LogP contribution in [0.1, 0.15) is 16.7 Å². The number of aromatic hydroxyl groups is 1. The Labute approximate surface area is 162 Å². The van der Waals surface area contributed by atoms with Gasteiger partial charge >= 0.3 is 0 Å². The van der Waals surface area contributed by atoms with Crippen LogP contribution in [-0.4, -0.2) is 21.3 Å². The summed E-state index contributed by atoms with van der Waals surface area (Å²) >= 11 is 0. The van der Waals surface area contributed by atoms with Crippen molar-refractivity contribution in [3.63, 3.8) is 0 Å². The van der Waals surface area contributed by atoms with E-state index in [1.54, 1.807) is 12.1 Å². The minimum Gasteiger partial charge on any atom is -0.508 e. The van der Waals surface area contributed by atoms with Crippen LogP contribution in [0.5, 0.6) is 5.75 Å². The lowest BCUT2D eigenvalue weighted by Crippen LogP contribution is -2.00. The van der Waals surface area contributed by atoms with Crippen LogP contribution in [0, 0.1) is 6.92 Å². The number of hydrogen-bond acceptors (Lipinski definition) is 5. The molecule has 0 bridgehead atoms. The molecule has 0 radical (unpaired) electrons. The van der Waals surface area contributed by atoms with Crippen molar-refractivity contribution in [2.45, 2.75) is 13.5 Å². The Morgan fingerprint density at radius 2 is 1.89 bits per heavy atom. The van der Waals surface area contributed by atoms with Crippen LogP contribution in [0.25, 0.3) is 22.3 Å². The van der Waals surface area contributed by atoms with Gasteiger partial charge in [0.15, 0.2) is 5.82 Å². The summed E-state index contributed by atoms with van der Waals surface area (Å²) in [7, 11) is 0. The number of phenols is 1. The number of aryl methyl sites for hydroxylation is 1. The van der Waals surface area contributed by atoms with Gasteiger partial charge in [-0.25, -0.2) is 9.97 Å². The van der Waals surface area contributed by atoms with Crippen molar-refractivity contribution < 1.29 is 5.11 Å². The highest BCUT2D eigenvalue weighted by atomic mass is 16.3. The highest BCUT2D eigenvalue weighted by Crippen LogP contribution is 2.30. The topological polar surface area (TPSA) is 70.4 Å². The van der Waals surface area contributed by atoms with Gasteiger partial charge in [0.1, 0.15) is 11.6 Å². The van der Waals surface area contributed by atoms with Crippen molar-refractivity contribution in [2.75, 3.05) is 5.32 Å². The Bertz CT molecular complexity index is 1250. The first kappa shape index (κ1) is 16.4. The van der Waals surface area contributed by atoms with E-state index in [2.05, 4.69) is 28.5 Å². The van der Waals surface area contributed by atoms with Crippen LogP contribution in [0.3, 0.4) is 0 Å². The molecule has 5 rings (SSSR count). The first-order valence-corrected chi connectivity index (χ1v) is 9.13. The summed E-state index contributed by atoms with van der Waals surface area (Å²) in [6.07, 6.45) is 1.89. The largest absolute Gasteiger partial charge is 0.508 e. The zero-order valence-electron chi connectivity index (χ0n) is 15.3. The Balaban J connectivity index is 1.65. The predicted molar refractivity (Wildman–Crippen MR) is 112 cm³/mol. The van der Waals surface area contributed by atoms with Crippen LogP contribution in [0.4, 0.5) is 11.5 Å². The van der Waals surface area contributed by atoms with Gasteiger partial charge in [-0.1, -0.05) is 29.8 Å². The average Bonchev–Trinajstić information content (AvgIpc) is 3.16. The minimum absolute atomic E-state index is 0.184. The monoisotopic (exact) mass is 366 g/mol. The van der Waals surface area contributed by atoms with Crippen LogP contribution >= 0.6 is 0 Å². The Kier molecular flexibility index (Phi) is 3.79. The smallest absolute Gasteiger partial charge is 0.162 e. The number of anilines is 2. The molecule has 0 saturated heterocycles. The van der Waals surface area contributed by atoms with E-state index in [1.165, 1.54) is 5.56 Å². The number of fused-ring (bicyclic) bond motifs is 2. The lowest BCUT2D eigenvalue weighted by Gasteiger charge is -2.12. The number of nitrogens with zero attached hydrogens (tertiary/aromatic N) is 3. The summed E-state index contributed by atoms with van der Waals surface area (Å²) in [4.78, 5) is 13.8. The summed E-state index contributed by atoms with van der Waals surface area (Å²) in [5.74, 6) is 1.49. The molecule has 136 valence electrons. The van der Waals surface area contributed by atoms with Crippen molar-refractivity contribution in [3.05, 3.63) is 77.4 Å². The Morgan fingerprint density at radius 3 is 2.79 bits per heavy atom. The quantitative estimate of drug-likeness (QED) is 0.536.